The highest BCUT2D eigenvalue weighted by atomic mass is 16.2. The molecule has 17 heavy (non-hydrogen) atoms. The van der Waals surface area contributed by atoms with Crippen LogP contribution in [-0.2, 0) is 0 Å². The van der Waals surface area contributed by atoms with Crippen LogP contribution in [0.3, 0.4) is 0 Å². The van der Waals surface area contributed by atoms with Crippen LogP contribution in [0.5, 0.6) is 0 Å². The van der Waals surface area contributed by atoms with E-state index in [2.05, 4.69) is 24.1 Å². The summed E-state index contributed by atoms with van der Waals surface area (Å²) >= 11 is 0. The van der Waals surface area contributed by atoms with E-state index in [0.29, 0.717) is 6.04 Å². The molecule has 2 aliphatic rings. The van der Waals surface area contributed by atoms with Crippen LogP contribution in [0.15, 0.2) is 0 Å². The molecular formula is C12H24N4O. The van der Waals surface area contributed by atoms with Crippen molar-refractivity contribution in [1.82, 2.24) is 15.1 Å². The molecule has 0 aliphatic carbocycles. The summed E-state index contributed by atoms with van der Waals surface area (Å²) in [6, 6.07) is 0.481. The molecule has 2 amide bonds. The molecule has 98 valence electrons. The first kappa shape index (κ1) is 12.6. The van der Waals surface area contributed by atoms with Crippen molar-refractivity contribution in [1.29, 1.82) is 0 Å². The number of rotatable bonds is 4. The van der Waals surface area contributed by atoms with Crippen molar-refractivity contribution in [2.75, 3.05) is 39.3 Å². The first-order chi connectivity index (χ1) is 8.02. The quantitative estimate of drug-likeness (QED) is 0.731. The molecule has 3 N–H and O–H groups in total. The number of carbonyl (C=O) groups is 1. The second kappa shape index (κ2) is 4.82. The smallest absolute Gasteiger partial charge is 0.317 e. The lowest BCUT2D eigenvalue weighted by atomic mass is 9.89. The Bertz CT molecular complexity index is 292. The summed E-state index contributed by atoms with van der Waals surface area (Å²) in [5.41, 5.74) is 5.97. The van der Waals surface area contributed by atoms with Gasteiger partial charge in [-0.1, -0.05) is 13.8 Å². The number of hydrogen-bond acceptors (Lipinski definition) is 3. The summed E-state index contributed by atoms with van der Waals surface area (Å²) < 4.78 is 0. The molecule has 0 aromatic carbocycles. The van der Waals surface area contributed by atoms with Gasteiger partial charge in [0, 0.05) is 26.2 Å². The van der Waals surface area contributed by atoms with Gasteiger partial charge in [-0.3, -0.25) is 4.90 Å². The molecular weight excluding hydrogens is 216 g/mol. The molecule has 2 rings (SSSR count). The summed E-state index contributed by atoms with van der Waals surface area (Å²) in [4.78, 5) is 15.9. The highest BCUT2D eigenvalue weighted by Gasteiger charge is 2.35. The number of carbonyl (C=O) groups excluding carboxylic acids is 1. The number of fused-ring (bicyclic) bond motifs is 1. The Morgan fingerprint density at radius 1 is 1.47 bits per heavy atom. The van der Waals surface area contributed by atoms with Crippen LogP contribution in [0.4, 0.5) is 4.79 Å². The summed E-state index contributed by atoms with van der Waals surface area (Å²) in [6.45, 7) is 9.89. The number of hydrogen-bond donors (Lipinski definition) is 2. The monoisotopic (exact) mass is 240 g/mol. The minimum atomic E-state index is 0.108. The molecule has 1 unspecified atom stereocenters. The summed E-state index contributed by atoms with van der Waals surface area (Å²) in [7, 11) is 0. The fraction of sp³-hybridized carbons (Fsp3) is 0.917. The molecule has 0 aromatic rings. The van der Waals surface area contributed by atoms with E-state index >= 15 is 0 Å². The summed E-state index contributed by atoms with van der Waals surface area (Å²) in [5.74, 6) is 0. The van der Waals surface area contributed by atoms with Crippen LogP contribution in [-0.4, -0.2) is 61.1 Å². The molecule has 5 heteroatoms. The van der Waals surface area contributed by atoms with Crippen LogP contribution >= 0.6 is 0 Å². The van der Waals surface area contributed by atoms with Crippen LogP contribution in [0, 0.1) is 5.41 Å². The summed E-state index contributed by atoms with van der Waals surface area (Å²) in [6.07, 6.45) is 1.12. The number of nitrogens with one attached hydrogen (secondary N) is 1. The number of urea groups is 1. The molecule has 1 atom stereocenters. The standard InChI is InChI=1S/C12H24N4O/c1-12(2,9-13)3-4-15-5-6-16-10(8-15)7-14-11(16)17/h10H,3-9,13H2,1-2H3,(H,14,17). The SMILES string of the molecule is CC(C)(CN)CCN1CCN2C(=O)NCC2C1. The zero-order chi connectivity index (χ0) is 12.5. The highest BCUT2D eigenvalue weighted by molar-refractivity contribution is 5.77. The molecule has 0 spiro atoms. The Kier molecular flexibility index (Phi) is 3.58. The Hall–Kier alpha value is -0.810. The van der Waals surface area contributed by atoms with Gasteiger partial charge in [0.2, 0.25) is 0 Å². The van der Waals surface area contributed by atoms with E-state index in [1.54, 1.807) is 0 Å². The molecule has 0 radical (unpaired) electrons. The Balaban J connectivity index is 1.80. The van der Waals surface area contributed by atoms with Crippen molar-refractivity contribution in [3.8, 4) is 0 Å². The molecule has 5 nitrogen and oxygen atoms in total. The van der Waals surface area contributed by atoms with Gasteiger partial charge in [0.15, 0.2) is 0 Å². The van der Waals surface area contributed by atoms with Gasteiger partial charge in [-0.2, -0.15) is 0 Å². The van der Waals surface area contributed by atoms with Gasteiger partial charge in [0.25, 0.3) is 0 Å². The van der Waals surface area contributed by atoms with E-state index in [4.69, 9.17) is 5.73 Å². The molecule has 2 saturated heterocycles. The lowest BCUT2D eigenvalue weighted by Crippen LogP contribution is -2.52. The number of piperazine rings is 1. The van der Waals surface area contributed by atoms with E-state index in [1.165, 1.54) is 0 Å². The average Bonchev–Trinajstić information content (AvgIpc) is 2.68. The second-order valence-corrected chi connectivity index (χ2v) is 5.95. The number of nitrogens with zero attached hydrogens (tertiary/aromatic N) is 2. The predicted octanol–water partition coefficient (Wildman–Crippen LogP) is 0.0708. The zero-order valence-electron chi connectivity index (χ0n) is 10.9. The number of nitrogens with two attached hydrogens (primary N) is 1. The molecule has 0 saturated carbocycles. The van der Waals surface area contributed by atoms with Crippen LogP contribution in [0.25, 0.3) is 0 Å². The van der Waals surface area contributed by atoms with Crippen LogP contribution < -0.4 is 11.1 Å². The maximum Gasteiger partial charge on any atom is 0.317 e. The van der Waals surface area contributed by atoms with Crippen LogP contribution in [0.1, 0.15) is 20.3 Å². The van der Waals surface area contributed by atoms with Crippen molar-refractivity contribution in [2.45, 2.75) is 26.3 Å². The lowest BCUT2D eigenvalue weighted by Gasteiger charge is -2.37. The Morgan fingerprint density at radius 2 is 2.24 bits per heavy atom. The van der Waals surface area contributed by atoms with Crippen molar-refractivity contribution in [2.24, 2.45) is 11.1 Å². The van der Waals surface area contributed by atoms with Crippen molar-refractivity contribution in [3.05, 3.63) is 0 Å². The summed E-state index contributed by atoms with van der Waals surface area (Å²) in [5, 5.41) is 2.91. The van der Waals surface area contributed by atoms with Gasteiger partial charge < -0.3 is 16.0 Å². The maximum absolute atomic E-state index is 11.5. The first-order valence-corrected chi connectivity index (χ1v) is 6.49. The Morgan fingerprint density at radius 3 is 2.94 bits per heavy atom. The molecule has 2 heterocycles. The fourth-order valence-corrected chi connectivity index (χ4v) is 2.43. The third kappa shape index (κ3) is 2.90. The van der Waals surface area contributed by atoms with E-state index in [-0.39, 0.29) is 11.4 Å². The Labute approximate surface area is 103 Å². The largest absolute Gasteiger partial charge is 0.336 e. The van der Waals surface area contributed by atoms with Gasteiger partial charge in [0.1, 0.15) is 0 Å². The third-order valence-electron chi connectivity index (χ3n) is 3.97. The van der Waals surface area contributed by atoms with E-state index in [1.807, 2.05) is 4.90 Å². The van der Waals surface area contributed by atoms with E-state index in [9.17, 15) is 4.79 Å². The molecule has 2 aliphatic heterocycles. The van der Waals surface area contributed by atoms with Gasteiger partial charge in [-0.15, -0.1) is 0 Å². The van der Waals surface area contributed by atoms with Gasteiger partial charge >= 0.3 is 6.03 Å². The van der Waals surface area contributed by atoms with Crippen molar-refractivity contribution >= 4 is 6.03 Å². The van der Waals surface area contributed by atoms with E-state index in [0.717, 1.165) is 45.7 Å². The lowest BCUT2D eigenvalue weighted by molar-refractivity contribution is 0.110. The first-order valence-electron chi connectivity index (χ1n) is 6.49. The molecule has 2 fully saturated rings. The van der Waals surface area contributed by atoms with Gasteiger partial charge in [-0.05, 0) is 24.9 Å². The normalized spacial score (nSPS) is 25.9. The minimum Gasteiger partial charge on any atom is -0.336 e. The maximum atomic E-state index is 11.5. The second-order valence-electron chi connectivity index (χ2n) is 5.95. The fourth-order valence-electron chi connectivity index (χ4n) is 2.43. The molecule has 0 aromatic heterocycles. The predicted molar refractivity (Wildman–Crippen MR) is 67.8 cm³/mol. The van der Waals surface area contributed by atoms with Crippen molar-refractivity contribution < 1.29 is 4.79 Å². The number of amides is 2. The van der Waals surface area contributed by atoms with E-state index < -0.39 is 0 Å². The topological polar surface area (TPSA) is 61.6 Å². The third-order valence-corrected chi connectivity index (χ3v) is 3.97. The van der Waals surface area contributed by atoms with Crippen LogP contribution in [0.2, 0.25) is 0 Å². The highest BCUT2D eigenvalue weighted by Crippen LogP contribution is 2.20. The minimum absolute atomic E-state index is 0.108. The average molecular weight is 240 g/mol. The molecule has 0 bridgehead atoms. The van der Waals surface area contributed by atoms with Crippen molar-refractivity contribution in [3.63, 3.8) is 0 Å². The zero-order valence-corrected chi connectivity index (χ0v) is 10.9. The van der Waals surface area contributed by atoms with Gasteiger partial charge in [0.05, 0.1) is 6.04 Å². The van der Waals surface area contributed by atoms with Gasteiger partial charge in [-0.25, -0.2) is 4.79 Å².